The molecule has 0 N–H and O–H groups in total. The maximum Gasteiger partial charge on any atom is 0.420 e. The SMILES string of the molecule is COC(=O)c1ncccc1COc1cc2c(cc1C(F)(F)F)N(C1CC(F)(F)C1)C[C@@H](CCC(C)(F)F)N(C)S2(=O)=O. The van der Waals surface area contributed by atoms with Gasteiger partial charge in [-0.1, -0.05) is 6.07 Å². The van der Waals surface area contributed by atoms with E-state index in [4.69, 9.17) is 4.74 Å². The zero-order valence-corrected chi connectivity index (χ0v) is 23.5. The first-order valence-corrected chi connectivity index (χ1v) is 14.2. The highest BCUT2D eigenvalue weighted by atomic mass is 32.2. The number of pyridine rings is 1. The molecule has 0 saturated heterocycles. The third kappa shape index (κ3) is 6.58. The van der Waals surface area contributed by atoms with E-state index in [-0.39, 0.29) is 24.2 Å². The number of esters is 1. The molecule has 1 saturated carbocycles. The minimum atomic E-state index is -5.08. The fourth-order valence-electron chi connectivity index (χ4n) is 4.99. The molecule has 0 bridgehead atoms. The number of fused-ring (bicyclic) bond motifs is 1. The van der Waals surface area contributed by atoms with Gasteiger partial charge in [0.1, 0.15) is 17.3 Å². The lowest BCUT2D eigenvalue weighted by atomic mass is 9.86. The first-order chi connectivity index (χ1) is 19.3. The van der Waals surface area contributed by atoms with Gasteiger partial charge in [-0.25, -0.2) is 35.8 Å². The van der Waals surface area contributed by atoms with Crippen LogP contribution in [0, 0.1) is 0 Å². The molecule has 1 aromatic heterocycles. The third-order valence-corrected chi connectivity index (χ3v) is 9.27. The molecule has 1 fully saturated rings. The zero-order valence-electron chi connectivity index (χ0n) is 22.7. The van der Waals surface area contributed by atoms with E-state index in [9.17, 15) is 43.9 Å². The molecular weight excluding hydrogens is 599 g/mol. The Hall–Kier alpha value is -3.14. The van der Waals surface area contributed by atoms with Crippen LogP contribution in [0.5, 0.6) is 5.75 Å². The van der Waals surface area contributed by atoms with Crippen molar-refractivity contribution in [2.45, 2.75) is 74.2 Å². The number of sulfonamides is 1. The van der Waals surface area contributed by atoms with Crippen molar-refractivity contribution in [2.24, 2.45) is 0 Å². The third-order valence-electron chi connectivity index (χ3n) is 7.33. The zero-order chi connectivity index (χ0) is 31.3. The molecule has 1 aliphatic carbocycles. The summed E-state index contributed by atoms with van der Waals surface area (Å²) < 4.78 is 136. The maximum atomic E-state index is 14.3. The van der Waals surface area contributed by atoms with Crippen LogP contribution in [0.25, 0.3) is 0 Å². The summed E-state index contributed by atoms with van der Waals surface area (Å²) in [4.78, 5) is 16.4. The van der Waals surface area contributed by atoms with E-state index in [1.54, 1.807) is 0 Å². The predicted molar refractivity (Wildman–Crippen MR) is 135 cm³/mol. The molecule has 0 radical (unpaired) electrons. The number of alkyl halides is 7. The molecule has 1 aromatic carbocycles. The summed E-state index contributed by atoms with van der Waals surface area (Å²) in [7, 11) is -2.44. The van der Waals surface area contributed by atoms with Crippen molar-refractivity contribution in [1.82, 2.24) is 9.29 Å². The minimum absolute atomic E-state index is 0.0475. The number of nitrogens with zero attached hydrogens (tertiary/aromatic N) is 3. The summed E-state index contributed by atoms with van der Waals surface area (Å²) >= 11 is 0. The van der Waals surface area contributed by atoms with Crippen LogP contribution in [0.15, 0.2) is 35.4 Å². The predicted octanol–water partition coefficient (Wildman–Crippen LogP) is 5.51. The van der Waals surface area contributed by atoms with Gasteiger partial charge in [0.15, 0.2) is 5.69 Å². The normalized spacial score (nSPS) is 20.8. The molecule has 2 aromatic rings. The van der Waals surface area contributed by atoms with Gasteiger partial charge in [0.2, 0.25) is 15.9 Å². The average molecular weight is 628 g/mol. The van der Waals surface area contributed by atoms with Crippen LogP contribution < -0.4 is 9.64 Å². The average Bonchev–Trinajstić information content (AvgIpc) is 2.95. The summed E-state index contributed by atoms with van der Waals surface area (Å²) in [6, 6.07) is 1.74. The Labute approximate surface area is 237 Å². The van der Waals surface area contributed by atoms with Crippen LogP contribution in [-0.4, -0.2) is 68.3 Å². The molecule has 4 rings (SSSR count). The molecule has 232 valence electrons. The number of rotatable bonds is 8. The number of ether oxygens (including phenoxy) is 2. The monoisotopic (exact) mass is 627 g/mol. The van der Waals surface area contributed by atoms with Gasteiger partial charge in [0.05, 0.1) is 18.4 Å². The first kappa shape index (κ1) is 31.8. The largest absolute Gasteiger partial charge is 0.488 e. The topological polar surface area (TPSA) is 89.0 Å². The molecular formula is C26H28F7N3O5S. The fourth-order valence-corrected chi connectivity index (χ4v) is 6.56. The van der Waals surface area contributed by atoms with Gasteiger partial charge in [0.25, 0.3) is 5.92 Å². The van der Waals surface area contributed by atoms with Crippen molar-refractivity contribution in [2.75, 3.05) is 25.6 Å². The lowest BCUT2D eigenvalue weighted by Crippen LogP contribution is -2.54. The van der Waals surface area contributed by atoms with E-state index in [1.807, 2.05) is 0 Å². The summed E-state index contributed by atoms with van der Waals surface area (Å²) in [6.45, 7) is -0.373. The number of likely N-dealkylation sites (N-methyl/N-ethyl adjacent to an activating group) is 1. The second kappa shape index (κ2) is 11.2. The standard InChI is InChI=1S/C26H28F7N3O5S/c1-24(27,28)7-6-16-13-36(17-11-25(29,30)12-17)19-9-18(26(31,32)33)20(10-21(19)42(38,39)35(16)2)41-14-15-5-4-8-34-22(15)23(37)40-3/h4-5,8-10,16-17H,6-7,11-14H2,1-3H3/t16-/m1/s1. The quantitative estimate of drug-likeness (QED) is 0.282. The van der Waals surface area contributed by atoms with Crippen molar-refractivity contribution < 1.29 is 53.4 Å². The number of benzene rings is 1. The van der Waals surface area contributed by atoms with Crippen molar-refractivity contribution >= 4 is 21.7 Å². The lowest BCUT2D eigenvalue weighted by Gasteiger charge is -2.44. The maximum absolute atomic E-state index is 14.3. The second-order valence-corrected chi connectivity index (χ2v) is 12.4. The molecule has 2 aliphatic rings. The Balaban J connectivity index is 1.82. The second-order valence-electron chi connectivity index (χ2n) is 10.5. The number of carbonyl (C=O) groups is 1. The van der Waals surface area contributed by atoms with Crippen LogP contribution in [-0.2, 0) is 27.5 Å². The number of anilines is 1. The fraction of sp³-hybridized carbons (Fsp3) is 0.538. The van der Waals surface area contributed by atoms with Crippen LogP contribution in [0.1, 0.15) is 54.2 Å². The number of methoxy groups -OCH3 is 1. The molecule has 0 spiro atoms. The molecule has 1 atom stereocenters. The van der Waals surface area contributed by atoms with Gasteiger partial charge >= 0.3 is 12.1 Å². The minimum Gasteiger partial charge on any atom is -0.488 e. The molecule has 2 heterocycles. The van der Waals surface area contributed by atoms with E-state index in [0.717, 1.165) is 23.4 Å². The summed E-state index contributed by atoms with van der Waals surface area (Å²) in [6.07, 6.45) is -6.43. The van der Waals surface area contributed by atoms with E-state index >= 15 is 0 Å². The van der Waals surface area contributed by atoms with Crippen LogP contribution >= 0.6 is 0 Å². The molecule has 42 heavy (non-hydrogen) atoms. The molecule has 0 unspecified atom stereocenters. The highest BCUT2D eigenvalue weighted by Gasteiger charge is 2.51. The van der Waals surface area contributed by atoms with Crippen molar-refractivity contribution in [3.05, 3.63) is 47.3 Å². The summed E-state index contributed by atoms with van der Waals surface area (Å²) in [5, 5.41) is 0. The summed E-state index contributed by atoms with van der Waals surface area (Å²) in [5.74, 6) is -8.06. The Kier molecular flexibility index (Phi) is 8.45. The Morgan fingerprint density at radius 1 is 1.17 bits per heavy atom. The number of halogens is 7. The van der Waals surface area contributed by atoms with Gasteiger partial charge in [-0.05, 0) is 25.5 Å². The summed E-state index contributed by atoms with van der Waals surface area (Å²) in [5.41, 5.74) is -2.06. The highest BCUT2D eigenvalue weighted by molar-refractivity contribution is 7.89. The molecule has 0 amide bonds. The number of aromatic nitrogens is 1. The van der Waals surface area contributed by atoms with E-state index < -0.39 is 93.9 Å². The highest BCUT2D eigenvalue weighted by Crippen LogP contribution is 2.48. The molecule has 16 heteroatoms. The van der Waals surface area contributed by atoms with Gasteiger partial charge in [0, 0.05) is 62.8 Å². The van der Waals surface area contributed by atoms with Crippen LogP contribution in [0.2, 0.25) is 0 Å². The van der Waals surface area contributed by atoms with Gasteiger partial charge < -0.3 is 14.4 Å². The number of hydrogen-bond acceptors (Lipinski definition) is 7. The van der Waals surface area contributed by atoms with Gasteiger partial charge in [-0.15, -0.1) is 0 Å². The van der Waals surface area contributed by atoms with Crippen molar-refractivity contribution in [3.63, 3.8) is 0 Å². The molecule has 1 aliphatic heterocycles. The Morgan fingerprint density at radius 2 is 1.83 bits per heavy atom. The van der Waals surface area contributed by atoms with Crippen molar-refractivity contribution in [3.8, 4) is 5.75 Å². The van der Waals surface area contributed by atoms with Crippen LogP contribution in [0.4, 0.5) is 36.4 Å². The number of carbonyl (C=O) groups excluding carboxylic acids is 1. The van der Waals surface area contributed by atoms with E-state index in [2.05, 4.69) is 9.72 Å². The van der Waals surface area contributed by atoms with E-state index in [0.29, 0.717) is 19.1 Å². The lowest BCUT2D eigenvalue weighted by molar-refractivity contribution is -0.139. The smallest absolute Gasteiger partial charge is 0.420 e. The van der Waals surface area contributed by atoms with E-state index in [1.165, 1.54) is 18.3 Å². The number of hydrogen-bond donors (Lipinski definition) is 0. The first-order valence-electron chi connectivity index (χ1n) is 12.7. The van der Waals surface area contributed by atoms with Crippen molar-refractivity contribution in [1.29, 1.82) is 0 Å². The molecule has 8 nitrogen and oxygen atoms in total. The Morgan fingerprint density at radius 3 is 2.40 bits per heavy atom. The van der Waals surface area contributed by atoms with Gasteiger partial charge in [-0.2, -0.15) is 17.5 Å². The van der Waals surface area contributed by atoms with Gasteiger partial charge in [-0.3, -0.25) is 0 Å². The van der Waals surface area contributed by atoms with Crippen LogP contribution in [0.3, 0.4) is 0 Å². The Bertz CT molecular complexity index is 1440.